The Balaban J connectivity index is 2.17. The van der Waals surface area contributed by atoms with E-state index in [1.165, 1.54) is 18.2 Å². The summed E-state index contributed by atoms with van der Waals surface area (Å²) in [5.41, 5.74) is 5.43. The molecule has 1 aliphatic rings. The number of hydrogen-bond donors (Lipinski definition) is 1. The molecule has 2 N–H and O–H groups in total. The third-order valence-corrected chi connectivity index (χ3v) is 3.53. The maximum Gasteiger partial charge on any atom is 0.573 e. The summed E-state index contributed by atoms with van der Waals surface area (Å²) in [5.74, 6) is -0.874. The highest BCUT2D eigenvalue weighted by atomic mass is 19.4. The van der Waals surface area contributed by atoms with Crippen molar-refractivity contribution in [3.8, 4) is 5.75 Å². The number of para-hydroxylation sites is 1. The summed E-state index contributed by atoms with van der Waals surface area (Å²) in [6.45, 7) is 0. The first kappa shape index (κ1) is 14.8. The largest absolute Gasteiger partial charge is 0.573 e. The van der Waals surface area contributed by atoms with Crippen LogP contribution in [-0.2, 0) is 0 Å². The van der Waals surface area contributed by atoms with Gasteiger partial charge in [-0.15, -0.1) is 13.2 Å². The Bertz CT molecular complexity index is 493. The van der Waals surface area contributed by atoms with Gasteiger partial charge < -0.3 is 10.5 Å². The van der Waals surface area contributed by atoms with Crippen molar-refractivity contribution in [1.82, 2.24) is 0 Å². The molecule has 1 fully saturated rings. The van der Waals surface area contributed by atoms with Gasteiger partial charge in [0.1, 0.15) is 5.75 Å². The number of hydrogen-bond acceptors (Lipinski definition) is 3. The number of benzene rings is 1. The Labute approximate surface area is 114 Å². The monoisotopic (exact) mass is 287 g/mol. The highest BCUT2D eigenvalue weighted by molar-refractivity contribution is 5.99. The SMILES string of the molecule is NC1(CC(=O)c2ccccc2OC(F)(F)F)CCCC1. The number of carbonyl (C=O) groups excluding carboxylic acids is 1. The summed E-state index contributed by atoms with van der Waals surface area (Å²) in [4.78, 5) is 12.2. The van der Waals surface area contributed by atoms with Crippen LogP contribution in [0.1, 0.15) is 42.5 Å². The molecule has 0 saturated heterocycles. The van der Waals surface area contributed by atoms with E-state index in [9.17, 15) is 18.0 Å². The van der Waals surface area contributed by atoms with Crippen molar-refractivity contribution in [1.29, 1.82) is 0 Å². The number of nitrogens with two attached hydrogens (primary N) is 1. The molecule has 1 aliphatic carbocycles. The minimum absolute atomic E-state index is 0.0469. The van der Waals surface area contributed by atoms with E-state index >= 15 is 0 Å². The van der Waals surface area contributed by atoms with E-state index in [4.69, 9.17) is 5.73 Å². The smallest absolute Gasteiger partial charge is 0.405 e. The van der Waals surface area contributed by atoms with Crippen LogP contribution in [0.4, 0.5) is 13.2 Å². The fraction of sp³-hybridized carbons (Fsp3) is 0.500. The second-order valence-electron chi connectivity index (χ2n) is 5.21. The molecule has 0 bridgehead atoms. The average molecular weight is 287 g/mol. The maximum absolute atomic E-state index is 12.3. The van der Waals surface area contributed by atoms with Crippen LogP contribution in [0.3, 0.4) is 0 Å². The quantitative estimate of drug-likeness (QED) is 0.863. The molecule has 0 aromatic heterocycles. The van der Waals surface area contributed by atoms with Gasteiger partial charge in [0.15, 0.2) is 5.78 Å². The molecule has 20 heavy (non-hydrogen) atoms. The second kappa shape index (κ2) is 5.44. The van der Waals surface area contributed by atoms with Crippen LogP contribution >= 0.6 is 0 Å². The molecule has 6 heteroatoms. The van der Waals surface area contributed by atoms with Gasteiger partial charge in [0, 0.05) is 12.0 Å². The first-order valence-corrected chi connectivity index (χ1v) is 6.46. The van der Waals surface area contributed by atoms with Gasteiger partial charge in [0.2, 0.25) is 0 Å². The lowest BCUT2D eigenvalue weighted by Crippen LogP contribution is -2.38. The lowest BCUT2D eigenvalue weighted by Gasteiger charge is -2.23. The molecule has 0 atom stereocenters. The summed E-state index contributed by atoms with van der Waals surface area (Å²) in [6, 6.07) is 5.38. The fourth-order valence-electron chi connectivity index (χ4n) is 2.58. The predicted octanol–water partition coefficient (Wildman–Crippen LogP) is 3.43. The number of ether oxygens (including phenoxy) is 1. The Morgan fingerprint density at radius 1 is 1.25 bits per heavy atom. The highest BCUT2D eigenvalue weighted by Crippen LogP contribution is 2.33. The summed E-state index contributed by atoms with van der Waals surface area (Å²) in [7, 11) is 0. The van der Waals surface area contributed by atoms with E-state index in [-0.39, 0.29) is 12.0 Å². The molecule has 0 aliphatic heterocycles. The van der Waals surface area contributed by atoms with Crippen LogP contribution in [0, 0.1) is 0 Å². The summed E-state index contributed by atoms with van der Waals surface area (Å²) in [5, 5.41) is 0. The molecular formula is C14H16F3NO2. The van der Waals surface area contributed by atoms with Gasteiger partial charge >= 0.3 is 6.36 Å². The van der Waals surface area contributed by atoms with Crippen LogP contribution in [0.25, 0.3) is 0 Å². The lowest BCUT2D eigenvalue weighted by molar-refractivity contribution is -0.274. The Morgan fingerprint density at radius 2 is 1.85 bits per heavy atom. The number of ketones is 1. The van der Waals surface area contributed by atoms with Crippen LogP contribution < -0.4 is 10.5 Å². The van der Waals surface area contributed by atoms with E-state index < -0.39 is 23.4 Å². The maximum atomic E-state index is 12.3. The molecule has 3 nitrogen and oxygen atoms in total. The number of alkyl halides is 3. The van der Waals surface area contributed by atoms with E-state index in [1.54, 1.807) is 0 Å². The summed E-state index contributed by atoms with van der Waals surface area (Å²) < 4.78 is 40.8. The van der Waals surface area contributed by atoms with Gasteiger partial charge in [-0.3, -0.25) is 4.79 Å². The molecule has 2 rings (SSSR count). The first-order chi connectivity index (χ1) is 9.29. The van der Waals surface area contributed by atoms with Gasteiger partial charge in [-0.05, 0) is 25.0 Å². The lowest BCUT2D eigenvalue weighted by atomic mass is 9.90. The van der Waals surface area contributed by atoms with Crippen LogP contribution in [0.2, 0.25) is 0 Å². The standard InChI is InChI=1S/C14H16F3NO2/c15-14(16,17)20-12-6-2-1-5-10(12)11(19)9-13(18)7-3-4-8-13/h1-2,5-6H,3-4,7-9,18H2. The molecule has 0 amide bonds. The Morgan fingerprint density at radius 3 is 2.45 bits per heavy atom. The van der Waals surface area contributed by atoms with Gasteiger partial charge in [0.25, 0.3) is 0 Å². The highest BCUT2D eigenvalue weighted by Gasteiger charge is 2.35. The summed E-state index contributed by atoms with van der Waals surface area (Å²) >= 11 is 0. The molecule has 1 saturated carbocycles. The van der Waals surface area contributed by atoms with Gasteiger partial charge in [-0.25, -0.2) is 0 Å². The number of rotatable bonds is 4. The number of carbonyl (C=O) groups is 1. The normalized spacial score (nSPS) is 18.0. The average Bonchev–Trinajstić information content (AvgIpc) is 2.74. The molecule has 0 spiro atoms. The topological polar surface area (TPSA) is 52.3 Å². The molecule has 0 radical (unpaired) electrons. The van der Waals surface area contributed by atoms with Crippen molar-refractivity contribution >= 4 is 5.78 Å². The summed E-state index contributed by atoms with van der Waals surface area (Å²) in [6.07, 6.45) is -1.42. The van der Waals surface area contributed by atoms with Gasteiger partial charge in [-0.2, -0.15) is 0 Å². The zero-order chi connectivity index (χ0) is 14.8. The van der Waals surface area contributed by atoms with E-state index in [1.807, 2.05) is 0 Å². The molecule has 0 heterocycles. The zero-order valence-electron chi connectivity index (χ0n) is 10.9. The Kier molecular flexibility index (Phi) is 4.04. The minimum atomic E-state index is -4.82. The van der Waals surface area contributed by atoms with E-state index in [0.717, 1.165) is 31.7 Å². The first-order valence-electron chi connectivity index (χ1n) is 6.46. The van der Waals surface area contributed by atoms with Crippen molar-refractivity contribution in [2.45, 2.75) is 44.0 Å². The molecule has 110 valence electrons. The molecule has 1 aromatic carbocycles. The molecule has 1 aromatic rings. The second-order valence-corrected chi connectivity index (χ2v) is 5.21. The van der Waals surface area contributed by atoms with E-state index in [0.29, 0.717) is 0 Å². The van der Waals surface area contributed by atoms with Crippen molar-refractivity contribution < 1.29 is 22.7 Å². The molecule has 0 unspecified atom stereocenters. The fourth-order valence-corrected chi connectivity index (χ4v) is 2.58. The van der Waals surface area contributed by atoms with Crippen molar-refractivity contribution in [3.63, 3.8) is 0 Å². The van der Waals surface area contributed by atoms with Crippen molar-refractivity contribution in [3.05, 3.63) is 29.8 Å². The third-order valence-electron chi connectivity index (χ3n) is 3.53. The third kappa shape index (κ3) is 3.72. The minimum Gasteiger partial charge on any atom is -0.405 e. The van der Waals surface area contributed by atoms with Crippen molar-refractivity contribution in [2.24, 2.45) is 5.73 Å². The van der Waals surface area contributed by atoms with Gasteiger partial charge in [0.05, 0.1) is 5.56 Å². The Hall–Kier alpha value is -1.56. The molecular weight excluding hydrogens is 271 g/mol. The van der Waals surface area contributed by atoms with Crippen LogP contribution in [-0.4, -0.2) is 17.7 Å². The zero-order valence-corrected chi connectivity index (χ0v) is 10.9. The van der Waals surface area contributed by atoms with Crippen molar-refractivity contribution in [2.75, 3.05) is 0 Å². The number of halogens is 3. The number of Topliss-reactive ketones (excluding diaryl/α,β-unsaturated/α-hetero) is 1. The van der Waals surface area contributed by atoms with E-state index in [2.05, 4.69) is 4.74 Å². The predicted molar refractivity (Wildman–Crippen MR) is 67.5 cm³/mol. The van der Waals surface area contributed by atoms with Crippen LogP contribution in [0.5, 0.6) is 5.75 Å². The van der Waals surface area contributed by atoms with Gasteiger partial charge in [-0.1, -0.05) is 25.0 Å². The van der Waals surface area contributed by atoms with Crippen LogP contribution in [0.15, 0.2) is 24.3 Å².